The van der Waals surface area contributed by atoms with E-state index in [0.29, 0.717) is 10.0 Å². The van der Waals surface area contributed by atoms with Crippen molar-refractivity contribution in [3.8, 4) is 5.75 Å². The summed E-state index contributed by atoms with van der Waals surface area (Å²) in [6.45, 7) is -0.836. The van der Waals surface area contributed by atoms with Crippen LogP contribution in [-0.2, 0) is 4.79 Å². The van der Waals surface area contributed by atoms with E-state index in [2.05, 4.69) is 5.10 Å². The minimum atomic E-state index is -5.15. The Morgan fingerprint density at radius 3 is 2.34 bits per heavy atom. The summed E-state index contributed by atoms with van der Waals surface area (Å²) in [6, 6.07) is 9.95. The molecule has 2 aromatic rings. The molecule has 0 aliphatic carbocycles. The van der Waals surface area contributed by atoms with E-state index >= 15 is 0 Å². The predicted molar refractivity (Wildman–Crippen MR) is 102 cm³/mol. The van der Waals surface area contributed by atoms with Gasteiger partial charge < -0.3 is 9.84 Å². The SMILES string of the molecule is O=C(COc1ccc(Cl)cc1Cl)N1N=C(c2ccc(Cl)cc2)C[C@@]1(O)C(F)(F)F. The molecule has 1 aliphatic heterocycles. The maximum atomic E-state index is 13.6. The molecule has 0 radical (unpaired) electrons. The highest BCUT2D eigenvalue weighted by atomic mass is 35.5. The zero-order chi connectivity index (χ0) is 21.4. The molecular formula is C18H12Cl3F3N2O3. The third kappa shape index (κ3) is 4.45. The van der Waals surface area contributed by atoms with Crippen LogP contribution in [0.25, 0.3) is 0 Å². The lowest BCUT2D eigenvalue weighted by Gasteiger charge is -2.32. The Kier molecular flexibility index (Phi) is 6.01. The van der Waals surface area contributed by atoms with Crippen LogP contribution in [0.1, 0.15) is 12.0 Å². The fourth-order valence-electron chi connectivity index (χ4n) is 2.62. The van der Waals surface area contributed by atoms with Crippen molar-refractivity contribution in [2.75, 3.05) is 6.61 Å². The lowest BCUT2D eigenvalue weighted by atomic mass is 10.0. The molecule has 11 heteroatoms. The minimum absolute atomic E-state index is 0.0131. The molecular weight excluding hydrogens is 456 g/mol. The molecule has 1 aliphatic rings. The number of ether oxygens (including phenoxy) is 1. The molecule has 1 N–H and O–H groups in total. The van der Waals surface area contributed by atoms with Crippen LogP contribution < -0.4 is 4.74 Å². The first-order chi connectivity index (χ1) is 13.5. The van der Waals surface area contributed by atoms with Crippen molar-refractivity contribution in [2.45, 2.75) is 18.3 Å². The summed E-state index contributed by atoms with van der Waals surface area (Å²) in [4.78, 5) is 12.4. The molecule has 0 saturated carbocycles. The Labute approximate surface area is 178 Å². The Morgan fingerprint density at radius 2 is 1.76 bits per heavy atom. The van der Waals surface area contributed by atoms with Gasteiger partial charge in [0.05, 0.1) is 17.2 Å². The molecule has 0 unspecified atom stereocenters. The van der Waals surface area contributed by atoms with E-state index in [-0.39, 0.29) is 27.1 Å². The summed E-state index contributed by atoms with van der Waals surface area (Å²) in [7, 11) is 0. The summed E-state index contributed by atoms with van der Waals surface area (Å²) in [5, 5.41) is 14.7. The topological polar surface area (TPSA) is 62.1 Å². The van der Waals surface area contributed by atoms with Crippen LogP contribution in [0, 0.1) is 0 Å². The van der Waals surface area contributed by atoms with Crippen molar-refractivity contribution in [3.63, 3.8) is 0 Å². The maximum Gasteiger partial charge on any atom is 0.438 e. The molecule has 5 nitrogen and oxygen atoms in total. The molecule has 0 aromatic heterocycles. The molecule has 0 fully saturated rings. The fourth-order valence-corrected chi connectivity index (χ4v) is 3.21. The fraction of sp³-hybridized carbons (Fsp3) is 0.222. The van der Waals surface area contributed by atoms with Gasteiger partial charge in [0.2, 0.25) is 0 Å². The Hall–Kier alpha value is -2.00. The van der Waals surface area contributed by atoms with E-state index in [9.17, 15) is 23.1 Å². The quantitative estimate of drug-likeness (QED) is 0.695. The van der Waals surface area contributed by atoms with Crippen LogP contribution >= 0.6 is 34.8 Å². The van der Waals surface area contributed by atoms with Crippen molar-refractivity contribution in [1.29, 1.82) is 0 Å². The van der Waals surface area contributed by atoms with Gasteiger partial charge in [0.25, 0.3) is 11.6 Å². The third-order valence-electron chi connectivity index (χ3n) is 4.10. The van der Waals surface area contributed by atoms with Gasteiger partial charge in [-0.25, -0.2) is 0 Å². The van der Waals surface area contributed by atoms with E-state index in [0.717, 1.165) is 0 Å². The second-order valence-electron chi connectivity index (χ2n) is 6.11. The summed E-state index contributed by atoms with van der Waals surface area (Å²) in [6.07, 6.45) is -6.09. The van der Waals surface area contributed by atoms with Crippen molar-refractivity contribution in [3.05, 3.63) is 63.1 Å². The predicted octanol–water partition coefficient (Wildman–Crippen LogP) is 4.91. The summed E-state index contributed by atoms with van der Waals surface area (Å²) >= 11 is 17.4. The first kappa shape index (κ1) is 21.7. The van der Waals surface area contributed by atoms with Crippen molar-refractivity contribution in [1.82, 2.24) is 5.01 Å². The van der Waals surface area contributed by atoms with E-state index in [4.69, 9.17) is 39.5 Å². The number of rotatable bonds is 4. The average molecular weight is 468 g/mol. The van der Waals surface area contributed by atoms with E-state index in [1.165, 1.54) is 42.5 Å². The van der Waals surface area contributed by atoms with Crippen LogP contribution in [0.4, 0.5) is 13.2 Å². The van der Waals surface area contributed by atoms with Gasteiger partial charge in [-0.05, 0) is 35.9 Å². The van der Waals surface area contributed by atoms with Crippen molar-refractivity contribution in [2.24, 2.45) is 5.10 Å². The minimum Gasteiger partial charge on any atom is -0.482 e. The number of hydrazone groups is 1. The number of hydrogen-bond donors (Lipinski definition) is 1. The van der Waals surface area contributed by atoms with Gasteiger partial charge in [0, 0.05) is 10.0 Å². The van der Waals surface area contributed by atoms with Gasteiger partial charge in [-0.15, -0.1) is 0 Å². The zero-order valence-electron chi connectivity index (χ0n) is 14.4. The molecule has 154 valence electrons. The van der Waals surface area contributed by atoms with Crippen LogP contribution in [0.2, 0.25) is 15.1 Å². The molecule has 0 saturated heterocycles. The second-order valence-corrected chi connectivity index (χ2v) is 7.39. The summed E-state index contributed by atoms with van der Waals surface area (Å²) < 4.78 is 45.9. The Morgan fingerprint density at radius 1 is 1.14 bits per heavy atom. The van der Waals surface area contributed by atoms with Crippen molar-refractivity contribution >= 4 is 46.4 Å². The Balaban J connectivity index is 1.85. The molecule has 2 aromatic carbocycles. The van der Waals surface area contributed by atoms with E-state index in [1.807, 2.05) is 0 Å². The average Bonchev–Trinajstić information content (AvgIpc) is 3.00. The molecule has 29 heavy (non-hydrogen) atoms. The third-order valence-corrected chi connectivity index (χ3v) is 4.88. The lowest BCUT2D eigenvalue weighted by molar-refractivity contribution is -0.302. The smallest absolute Gasteiger partial charge is 0.438 e. The largest absolute Gasteiger partial charge is 0.482 e. The van der Waals surface area contributed by atoms with Gasteiger partial charge >= 0.3 is 6.18 Å². The second kappa shape index (κ2) is 8.02. The molecule has 0 spiro atoms. The normalized spacial score (nSPS) is 19.3. The number of benzene rings is 2. The highest BCUT2D eigenvalue weighted by Crippen LogP contribution is 2.41. The molecule has 3 rings (SSSR count). The molecule has 1 atom stereocenters. The van der Waals surface area contributed by atoms with Crippen LogP contribution in [0.3, 0.4) is 0 Å². The monoisotopic (exact) mass is 466 g/mol. The number of carbonyl (C=O) groups excluding carboxylic acids is 1. The van der Waals surface area contributed by atoms with Crippen molar-refractivity contribution < 1.29 is 27.8 Å². The lowest BCUT2D eigenvalue weighted by Crippen LogP contribution is -2.57. The van der Waals surface area contributed by atoms with Crippen LogP contribution in [0.15, 0.2) is 47.6 Å². The first-order valence-electron chi connectivity index (χ1n) is 8.05. The van der Waals surface area contributed by atoms with Crippen LogP contribution in [-0.4, -0.2) is 40.2 Å². The highest BCUT2D eigenvalue weighted by molar-refractivity contribution is 6.35. The molecule has 1 amide bonds. The number of nitrogens with zero attached hydrogens (tertiary/aromatic N) is 2. The van der Waals surface area contributed by atoms with E-state index < -0.39 is 30.8 Å². The number of aliphatic hydroxyl groups is 1. The van der Waals surface area contributed by atoms with Gasteiger partial charge in [-0.2, -0.15) is 23.3 Å². The Bertz CT molecular complexity index is 967. The number of alkyl halides is 3. The maximum absolute atomic E-state index is 13.6. The number of hydrogen-bond acceptors (Lipinski definition) is 4. The van der Waals surface area contributed by atoms with E-state index in [1.54, 1.807) is 0 Å². The summed E-state index contributed by atoms with van der Waals surface area (Å²) in [5.74, 6) is -1.17. The number of amides is 1. The van der Waals surface area contributed by atoms with Gasteiger partial charge in [0.15, 0.2) is 6.61 Å². The van der Waals surface area contributed by atoms with Gasteiger partial charge in [-0.3, -0.25) is 4.79 Å². The first-order valence-corrected chi connectivity index (χ1v) is 9.18. The number of carbonyl (C=O) groups is 1. The number of halogens is 6. The summed E-state index contributed by atoms with van der Waals surface area (Å²) in [5.41, 5.74) is -3.35. The van der Waals surface area contributed by atoms with Gasteiger partial charge in [0.1, 0.15) is 5.75 Å². The highest BCUT2D eigenvalue weighted by Gasteiger charge is 2.63. The zero-order valence-corrected chi connectivity index (χ0v) is 16.6. The van der Waals surface area contributed by atoms with Crippen LogP contribution in [0.5, 0.6) is 5.75 Å². The molecule has 0 bridgehead atoms. The molecule has 1 heterocycles. The van der Waals surface area contributed by atoms with Gasteiger partial charge in [-0.1, -0.05) is 46.9 Å². The standard InChI is InChI=1S/C18H12Cl3F3N2O3/c19-11-3-1-10(2-4-11)14-8-17(28,18(22,23)24)26(25-14)16(27)9-29-15-6-5-12(20)7-13(15)21/h1-7,28H,8-9H2/t17-/m1/s1.